The predicted octanol–water partition coefficient (Wildman–Crippen LogP) is 1.90. The molecule has 3 heteroatoms. The second-order valence-corrected chi connectivity index (χ2v) is 3.62. The fourth-order valence-electron chi connectivity index (χ4n) is 1.27. The zero-order chi connectivity index (χ0) is 11.4. The lowest BCUT2D eigenvalue weighted by molar-refractivity contribution is 0.0812. The lowest BCUT2D eigenvalue weighted by Crippen LogP contribution is -2.26. The summed E-state index contributed by atoms with van der Waals surface area (Å²) < 4.78 is 0. The molecule has 0 saturated heterocycles. The van der Waals surface area contributed by atoms with E-state index in [1.54, 1.807) is 13.1 Å². The summed E-state index contributed by atoms with van der Waals surface area (Å²) in [6, 6.07) is 7.51. The van der Waals surface area contributed by atoms with Gasteiger partial charge in [-0.25, -0.2) is 0 Å². The van der Waals surface area contributed by atoms with Crippen molar-refractivity contribution in [2.75, 3.05) is 13.6 Å². The van der Waals surface area contributed by atoms with E-state index in [0.29, 0.717) is 5.56 Å². The number of hydrogen-bond donors (Lipinski definition) is 0. The number of rotatable bonds is 2. The molecule has 0 spiro atoms. The number of nitriles is 1. The summed E-state index contributed by atoms with van der Waals surface area (Å²) in [6.45, 7) is 4.09. The van der Waals surface area contributed by atoms with Gasteiger partial charge in [-0.05, 0) is 37.1 Å². The molecule has 1 rings (SSSR count). The normalized spacial score (nSPS) is 9.47. The second-order valence-electron chi connectivity index (χ2n) is 3.62. The molecule has 0 heterocycles. The van der Waals surface area contributed by atoms with Gasteiger partial charge in [-0.2, -0.15) is 5.26 Å². The molecule has 0 saturated carbocycles. The molecule has 0 atom stereocenters. The van der Waals surface area contributed by atoms with E-state index in [1.807, 2.05) is 32.0 Å². The lowest BCUT2D eigenvalue weighted by Gasteiger charge is -2.13. The van der Waals surface area contributed by atoms with Crippen LogP contribution in [0.3, 0.4) is 0 Å². The first-order chi connectivity index (χ1) is 7.06. The van der Waals surface area contributed by atoms with Crippen molar-refractivity contribution in [3.63, 3.8) is 0 Å². The Morgan fingerprint density at radius 2 is 2.07 bits per heavy atom. The van der Waals surface area contributed by atoms with Gasteiger partial charge in [-0.15, -0.1) is 0 Å². The highest BCUT2D eigenvalue weighted by molar-refractivity contribution is 5.94. The number of benzene rings is 1. The van der Waals surface area contributed by atoms with Gasteiger partial charge in [0.05, 0.1) is 6.07 Å². The van der Waals surface area contributed by atoms with Crippen LogP contribution in [0.1, 0.15) is 21.5 Å². The summed E-state index contributed by atoms with van der Waals surface area (Å²) in [5.74, 6) is -0.111. The molecule has 0 radical (unpaired) electrons. The number of aryl methyl sites for hydroxylation is 2. The van der Waals surface area contributed by atoms with Crippen molar-refractivity contribution in [1.29, 1.82) is 5.26 Å². The molecule has 0 aliphatic heterocycles. The summed E-state index contributed by atoms with van der Waals surface area (Å²) in [6.07, 6.45) is 0. The highest BCUT2D eigenvalue weighted by atomic mass is 16.2. The van der Waals surface area contributed by atoms with E-state index in [2.05, 4.69) is 0 Å². The van der Waals surface area contributed by atoms with Crippen LogP contribution in [0.15, 0.2) is 18.2 Å². The van der Waals surface area contributed by atoms with E-state index in [-0.39, 0.29) is 12.5 Å². The Balaban J connectivity index is 2.93. The maximum Gasteiger partial charge on any atom is 0.254 e. The minimum absolute atomic E-state index is 0.111. The van der Waals surface area contributed by atoms with Gasteiger partial charge in [-0.1, -0.05) is 6.07 Å². The number of nitrogens with zero attached hydrogens (tertiary/aromatic N) is 2. The van der Waals surface area contributed by atoms with Crippen LogP contribution in [-0.4, -0.2) is 24.4 Å². The monoisotopic (exact) mass is 202 g/mol. The molecule has 0 bridgehead atoms. The number of carbonyl (C=O) groups excluding carboxylic acids is 1. The molecule has 0 N–H and O–H groups in total. The summed E-state index contributed by atoms with van der Waals surface area (Å²) in [5.41, 5.74) is 2.89. The molecule has 1 aromatic carbocycles. The largest absolute Gasteiger partial charge is 0.328 e. The molecular weight excluding hydrogens is 188 g/mol. The van der Waals surface area contributed by atoms with Crippen LogP contribution in [0.2, 0.25) is 0 Å². The summed E-state index contributed by atoms with van der Waals surface area (Å²) >= 11 is 0. The van der Waals surface area contributed by atoms with Gasteiger partial charge in [0, 0.05) is 12.6 Å². The molecule has 0 aromatic heterocycles. The van der Waals surface area contributed by atoms with Crippen LogP contribution in [0.5, 0.6) is 0 Å². The molecule has 0 aliphatic rings. The number of carbonyl (C=O) groups is 1. The first kappa shape index (κ1) is 11.3. The van der Waals surface area contributed by atoms with Crippen LogP contribution in [-0.2, 0) is 0 Å². The quantitative estimate of drug-likeness (QED) is 0.687. The minimum Gasteiger partial charge on any atom is -0.328 e. The summed E-state index contributed by atoms with van der Waals surface area (Å²) in [4.78, 5) is 13.2. The van der Waals surface area contributed by atoms with Gasteiger partial charge in [0.15, 0.2) is 0 Å². The van der Waals surface area contributed by atoms with E-state index < -0.39 is 0 Å². The van der Waals surface area contributed by atoms with Crippen molar-refractivity contribution in [2.24, 2.45) is 0 Å². The van der Waals surface area contributed by atoms with Crippen molar-refractivity contribution >= 4 is 5.91 Å². The maximum atomic E-state index is 11.8. The standard InChI is InChI=1S/C12H14N2O/c1-9-4-5-11(8-10(9)2)12(15)14(3)7-6-13/h4-5,8H,7H2,1-3H3. The average Bonchev–Trinajstić information content (AvgIpc) is 2.21. The van der Waals surface area contributed by atoms with Crippen LogP contribution in [0.25, 0.3) is 0 Å². The fourth-order valence-corrected chi connectivity index (χ4v) is 1.27. The van der Waals surface area contributed by atoms with E-state index >= 15 is 0 Å². The molecule has 1 amide bonds. The van der Waals surface area contributed by atoms with Crippen LogP contribution in [0.4, 0.5) is 0 Å². The fraction of sp³-hybridized carbons (Fsp3) is 0.333. The highest BCUT2D eigenvalue weighted by Gasteiger charge is 2.11. The highest BCUT2D eigenvalue weighted by Crippen LogP contribution is 2.11. The molecule has 15 heavy (non-hydrogen) atoms. The van der Waals surface area contributed by atoms with E-state index in [1.165, 1.54) is 4.90 Å². The van der Waals surface area contributed by atoms with E-state index in [9.17, 15) is 4.79 Å². The molecule has 0 aliphatic carbocycles. The van der Waals surface area contributed by atoms with Crippen LogP contribution < -0.4 is 0 Å². The van der Waals surface area contributed by atoms with Gasteiger partial charge >= 0.3 is 0 Å². The molecule has 0 unspecified atom stereocenters. The number of amides is 1. The second kappa shape index (κ2) is 4.61. The summed E-state index contributed by atoms with van der Waals surface area (Å²) in [7, 11) is 1.63. The van der Waals surface area contributed by atoms with E-state index in [0.717, 1.165) is 11.1 Å². The maximum absolute atomic E-state index is 11.8. The van der Waals surface area contributed by atoms with Crippen molar-refractivity contribution in [1.82, 2.24) is 4.90 Å². The van der Waals surface area contributed by atoms with Crippen molar-refractivity contribution < 1.29 is 4.79 Å². The Bertz CT molecular complexity index is 418. The SMILES string of the molecule is Cc1ccc(C(=O)N(C)CC#N)cc1C. The minimum atomic E-state index is -0.111. The molecular formula is C12H14N2O. The van der Waals surface area contributed by atoms with Crippen molar-refractivity contribution in [3.05, 3.63) is 34.9 Å². The molecule has 0 fully saturated rings. The Hall–Kier alpha value is -1.82. The van der Waals surface area contributed by atoms with E-state index in [4.69, 9.17) is 5.26 Å². The third-order valence-electron chi connectivity index (χ3n) is 2.41. The Kier molecular flexibility index (Phi) is 3.46. The third kappa shape index (κ3) is 2.57. The van der Waals surface area contributed by atoms with Crippen molar-refractivity contribution in [3.8, 4) is 6.07 Å². The zero-order valence-corrected chi connectivity index (χ0v) is 9.24. The van der Waals surface area contributed by atoms with Gasteiger partial charge in [0.25, 0.3) is 5.91 Å². The zero-order valence-electron chi connectivity index (χ0n) is 9.24. The smallest absolute Gasteiger partial charge is 0.254 e. The molecule has 78 valence electrons. The Morgan fingerprint density at radius 3 is 2.60 bits per heavy atom. The number of hydrogen-bond acceptors (Lipinski definition) is 2. The first-order valence-corrected chi connectivity index (χ1v) is 4.76. The first-order valence-electron chi connectivity index (χ1n) is 4.76. The lowest BCUT2D eigenvalue weighted by atomic mass is 10.1. The van der Waals surface area contributed by atoms with Gasteiger partial charge < -0.3 is 4.90 Å². The van der Waals surface area contributed by atoms with Gasteiger partial charge in [0.2, 0.25) is 0 Å². The van der Waals surface area contributed by atoms with Crippen LogP contribution in [0, 0.1) is 25.2 Å². The Labute approximate surface area is 89.9 Å². The predicted molar refractivity (Wildman–Crippen MR) is 58.5 cm³/mol. The third-order valence-corrected chi connectivity index (χ3v) is 2.41. The molecule has 3 nitrogen and oxygen atoms in total. The Morgan fingerprint density at radius 1 is 1.40 bits per heavy atom. The summed E-state index contributed by atoms with van der Waals surface area (Å²) in [5, 5.41) is 8.49. The van der Waals surface area contributed by atoms with Gasteiger partial charge in [-0.3, -0.25) is 4.79 Å². The average molecular weight is 202 g/mol. The van der Waals surface area contributed by atoms with Crippen molar-refractivity contribution in [2.45, 2.75) is 13.8 Å². The van der Waals surface area contributed by atoms with Crippen LogP contribution >= 0.6 is 0 Å². The topological polar surface area (TPSA) is 44.1 Å². The van der Waals surface area contributed by atoms with Gasteiger partial charge in [0.1, 0.15) is 6.54 Å². The molecule has 1 aromatic rings.